The van der Waals surface area contributed by atoms with Gasteiger partial charge in [-0.25, -0.2) is 0 Å². The van der Waals surface area contributed by atoms with Gasteiger partial charge in [0.2, 0.25) is 0 Å². The molecule has 2 N–H and O–H groups in total. The van der Waals surface area contributed by atoms with E-state index in [1.807, 2.05) is 26.0 Å². The molecule has 0 radical (unpaired) electrons. The van der Waals surface area contributed by atoms with Gasteiger partial charge in [-0.15, -0.1) is 0 Å². The average molecular weight is 395 g/mol. The molecule has 1 rings (SSSR count). The second-order valence-electron chi connectivity index (χ2n) is 4.96. The number of ether oxygens (including phenoxy) is 1. The first-order chi connectivity index (χ1) is 8.84. The van der Waals surface area contributed by atoms with Crippen LogP contribution in [0.15, 0.2) is 27.1 Å². The van der Waals surface area contributed by atoms with Gasteiger partial charge < -0.3 is 15.2 Å². The van der Waals surface area contributed by atoms with Gasteiger partial charge in [0, 0.05) is 23.0 Å². The van der Waals surface area contributed by atoms with Crippen LogP contribution < -0.4 is 10.1 Å². The SMILES string of the molecule is CC(C)(CO)CNC(=O)COc1ccc(Br)cc1Br. The Balaban J connectivity index is 2.42. The number of aliphatic hydroxyl groups is 1. The first-order valence-electron chi connectivity index (χ1n) is 5.79. The molecule has 106 valence electrons. The number of aliphatic hydroxyl groups excluding tert-OH is 1. The Labute approximate surface area is 129 Å². The topological polar surface area (TPSA) is 58.6 Å². The molecule has 0 saturated carbocycles. The van der Waals surface area contributed by atoms with Gasteiger partial charge in [-0.3, -0.25) is 4.79 Å². The molecule has 0 saturated heterocycles. The van der Waals surface area contributed by atoms with Crippen LogP contribution in [-0.4, -0.2) is 30.8 Å². The van der Waals surface area contributed by atoms with Crippen molar-refractivity contribution in [1.29, 1.82) is 0 Å². The molecule has 0 heterocycles. The number of hydrogen-bond donors (Lipinski definition) is 2. The van der Waals surface area contributed by atoms with E-state index in [1.165, 1.54) is 0 Å². The third kappa shape index (κ3) is 5.93. The van der Waals surface area contributed by atoms with Crippen molar-refractivity contribution < 1.29 is 14.6 Å². The highest BCUT2D eigenvalue weighted by atomic mass is 79.9. The third-order valence-electron chi connectivity index (χ3n) is 2.44. The lowest BCUT2D eigenvalue weighted by atomic mass is 9.95. The lowest BCUT2D eigenvalue weighted by Crippen LogP contribution is -2.38. The van der Waals surface area contributed by atoms with Crippen molar-refractivity contribution in [3.63, 3.8) is 0 Å². The van der Waals surface area contributed by atoms with E-state index < -0.39 is 0 Å². The fourth-order valence-electron chi connectivity index (χ4n) is 1.18. The Hall–Kier alpha value is -0.590. The zero-order valence-electron chi connectivity index (χ0n) is 10.9. The highest BCUT2D eigenvalue weighted by molar-refractivity contribution is 9.11. The van der Waals surface area contributed by atoms with Crippen LogP contribution in [0.5, 0.6) is 5.75 Å². The van der Waals surface area contributed by atoms with Crippen molar-refractivity contribution in [2.45, 2.75) is 13.8 Å². The fraction of sp³-hybridized carbons (Fsp3) is 0.462. The minimum absolute atomic E-state index is 0.0202. The van der Waals surface area contributed by atoms with Gasteiger partial charge in [-0.2, -0.15) is 0 Å². The molecule has 0 aliphatic carbocycles. The summed E-state index contributed by atoms with van der Waals surface area (Å²) in [5.41, 5.74) is -0.326. The molecule has 0 fully saturated rings. The normalized spacial score (nSPS) is 11.2. The molecular formula is C13H17Br2NO3. The van der Waals surface area contributed by atoms with Crippen LogP contribution in [0.3, 0.4) is 0 Å². The Morgan fingerprint density at radius 3 is 2.68 bits per heavy atom. The molecule has 1 aromatic carbocycles. The summed E-state index contributed by atoms with van der Waals surface area (Å²) in [7, 11) is 0. The zero-order chi connectivity index (χ0) is 14.5. The molecule has 0 atom stereocenters. The van der Waals surface area contributed by atoms with Crippen LogP contribution in [0.1, 0.15) is 13.8 Å². The van der Waals surface area contributed by atoms with Crippen LogP contribution in [0.4, 0.5) is 0 Å². The molecule has 1 aromatic rings. The minimum atomic E-state index is -0.326. The molecule has 1 amide bonds. The zero-order valence-corrected chi connectivity index (χ0v) is 14.0. The maximum absolute atomic E-state index is 11.6. The van der Waals surface area contributed by atoms with E-state index in [-0.39, 0.29) is 24.5 Å². The molecule has 19 heavy (non-hydrogen) atoms. The number of benzene rings is 1. The molecule has 0 spiro atoms. The second kappa shape index (κ2) is 7.26. The van der Waals surface area contributed by atoms with Crippen molar-refractivity contribution in [2.75, 3.05) is 19.8 Å². The summed E-state index contributed by atoms with van der Waals surface area (Å²) < 4.78 is 7.12. The summed E-state index contributed by atoms with van der Waals surface area (Å²) in [6.45, 7) is 4.13. The quantitative estimate of drug-likeness (QED) is 0.779. The smallest absolute Gasteiger partial charge is 0.257 e. The van der Waals surface area contributed by atoms with Crippen molar-refractivity contribution in [3.05, 3.63) is 27.1 Å². The van der Waals surface area contributed by atoms with E-state index in [0.717, 1.165) is 8.95 Å². The first-order valence-corrected chi connectivity index (χ1v) is 7.38. The summed E-state index contributed by atoms with van der Waals surface area (Å²) in [5, 5.41) is 11.8. The van der Waals surface area contributed by atoms with E-state index in [0.29, 0.717) is 12.3 Å². The predicted molar refractivity (Wildman–Crippen MR) is 81.2 cm³/mol. The standard InChI is InChI=1S/C13H17Br2NO3/c1-13(2,8-17)7-16-12(18)6-19-11-4-3-9(14)5-10(11)15/h3-5,17H,6-8H2,1-2H3,(H,16,18). The van der Waals surface area contributed by atoms with Crippen molar-refractivity contribution in [3.8, 4) is 5.75 Å². The van der Waals surface area contributed by atoms with Gasteiger partial charge in [-0.1, -0.05) is 29.8 Å². The molecule has 0 aromatic heterocycles. The van der Waals surface area contributed by atoms with Gasteiger partial charge in [-0.05, 0) is 34.1 Å². The molecular weight excluding hydrogens is 378 g/mol. The fourth-order valence-corrected chi connectivity index (χ4v) is 2.34. The highest BCUT2D eigenvalue weighted by Crippen LogP contribution is 2.28. The molecule has 0 aliphatic heterocycles. The maximum Gasteiger partial charge on any atom is 0.257 e. The van der Waals surface area contributed by atoms with Crippen molar-refractivity contribution >= 4 is 37.8 Å². The summed E-state index contributed by atoms with van der Waals surface area (Å²) in [4.78, 5) is 11.6. The average Bonchev–Trinajstić information content (AvgIpc) is 2.35. The summed E-state index contributed by atoms with van der Waals surface area (Å²) in [6.07, 6.45) is 0. The van der Waals surface area contributed by atoms with Crippen LogP contribution in [0.2, 0.25) is 0 Å². The second-order valence-corrected chi connectivity index (χ2v) is 6.73. The lowest BCUT2D eigenvalue weighted by Gasteiger charge is -2.21. The Morgan fingerprint density at radius 1 is 1.42 bits per heavy atom. The Kier molecular flexibility index (Phi) is 6.29. The first kappa shape index (κ1) is 16.5. The molecule has 0 aliphatic rings. The number of halogens is 2. The van der Waals surface area contributed by atoms with Gasteiger partial charge >= 0.3 is 0 Å². The third-order valence-corrected chi connectivity index (χ3v) is 3.56. The van der Waals surface area contributed by atoms with Gasteiger partial charge in [0.1, 0.15) is 5.75 Å². The van der Waals surface area contributed by atoms with Crippen molar-refractivity contribution in [1.82, 2.24) is 5.32 Å². The number of carbonyl (C=O) groups excluding carboxylic acids is 1. The van der Waals surface area contributed by atoms with Gasteiger partial charge in [0.15, 0.2) is 6.61 Å². The van der Waals surface area contributed by atoms with Crippen LogP contribution in [-0.2, 0) is 4.79 Å². The summed E-state index contributed by atoms with van der Waals surface area (Å²) >= 11 is 6.70. The van der Waals surface area contributed by atoms with E-state index in [9.17, 15) is 4.79 Å². The summed E-state index contributed by atoms with van der Waals surface area (Å²) in [5.74, 6) is 0.399. The van der Waals surface area contributed by atoms with E-state index in [4.69, 9.17) is 9.84 Å². The number of carbonyl (C=O) groups is 1. The van der Waals surface area contributed by atoms with E-state index >= 15 is 0 Å². The lowest BCUT2D eigenvalue weighted by molar-refractivity contribution is -0.123. The Bertz CT molecular complexity index is 450. The van der Waals surface area contributed by atoms with Crippen molar-refractivity contribution in [2.24, 2.45) is 5.41 Å². The summed E-state index contributed by atoms with van der Waals surface area (Å²) in [6, 6.07) is 5.47. The molecule has 4 nitrogen and oxygen atoms in total. The number of nitrogens with one attached hydrogen (secondary N) is 1. The van der Waals surface area contributed by atoms with Crippen LogP contribution >= 0.6 is 31.9 Å². The minimum Gasteiger partial charge on any atom is -0.483 e. The largest absolute Gasteiger partial charge is 0.483 e. The maximum atomic E-state index is 11.6. The molecule has 6 heteroatoms. The van der Waals surface area contributed by atoms with Crippen LogP contribution in [0.25, 0.3) is 0 Å². The highest BCUT2D eigenvalue weighted by Gasteiger charge is 2.17. The molecule has 0 bridgehead atoms. The van der Waals surface area contributed by atoms with Crippen LogP contribution in [0, 0.1) is 5.41 Å². The van der Waals surface area contributed by atoms with E-state index in [2.05, 4.69) is 37.2 Å². The number of amides is 1. The predicted octanol–water partition coefficient (Wildman–Crippen LogP) is 2.73. The number of rotatable bonds is 6. The van der Waals surface area contributed by atoms with E-state index in [1.54, 1.807) is 6.07 Å². The van der Waals surface area contributed by atoms with Gasteiger partial charge in [0.25, 0.3) is 5.91 Å². The number of hydrogen-bond acceptors (Lipinski definition) is 3. The molecule has 0 unspecified atom stereocenters. The Morgan fingerprint density at radius 2 is 2.11 bits per heavy atom. The van der Waals surface area contributed by atoms with Gasteiger partial charge in [0.05, 0.1) is 4.47 Å². The monoisotopic (exact) mass is 393 g/mol.